The molecular weight excluding hydrogens is 226 g/mol. The fourth-order valence-electron chi connectivity index (χ4n) is 1.57. The van der Waals surface area contributed by atoms with Crippen LogP contribution in [0.2, 0.25) is 0 Å². The molecule has 2 N–H and O–H groups in total. The molecule has 2 aromatic heterocycles. The van der Waals surface area contributed by atoms with E-state index in [0.717, 1.165) is 29.4 Å². The monoisotopic (exact) mass is 243 g/mol. The summed E-state index contributed by atoms with van der Waals surface area (Å²) in [7, 11) is 1.85. The van der Waals surface area contributed by atoms with Crippen LogP contribution < -0.4 is 10.6 Å². The Morgan fingerprint density at radius 3 is 2.72 bits per heavy atom. The molecule has 0 radical (unpaired) electrons. The summed E-state index contributed by atoms with van der Waals surface area (Å²) < 4.78 is 0. The summed E-state index contributed by atoms with van der Waals surface area (Å²) in [6.45, 7) is 2.75. The lowest BCUT2D eigenvalue weighted by Gasteiger charge is -2.09. The van der Waals surface area contributed by atoms with Gasteiger partial charge in [0, 0.05) is 38.5 Å². The van der Waals surface area contributed by atoms with Crippen LogP contribution in [0.4, 0.5) is 11.6 Å². The lowest BCUT2D eigenvalue weighted by Crippen LogP contribution is -2.06. The smallest absolute Gasteiger partial charge is 0.132 e. The van der Waals surface area contributed by atoms with Gasteiger partial charge in [-0.05, 0) is 11.6 Å². The maximum Gasteiger partial charge on any atom is 0.132 e. The number of rotatable bonds is 5. The van der Waals surface area contributed by atoms with Gasteiger partial charge in [-0.1, -0.05) is 13.0 Å². The van der Waals surface area contributed by atoms with Crippen LogP contribution in [0.15, 0.2) is 30.6 Å². The summed E-state index contributed by atoms with van der Waals surface area (Å²) in [6, 6.07) is 5.85. The Kier molecular flexibility index (Phi) is 4.06. The number of nitrogens with one attached hydrogen (secondary N) is 2. The molecule has 0 saturated heterocycles. The van der Waals surface area contributed by atoms with E-state index in [9.17, 15) is 0 Å². The van der Waals surface area contributed by atoms with Crippen molar-refractivity contribution in [3.8, 4) is 0 Å². The van der Waals surface area contributed by atoms with Gasteiger partial charge in [-0.3, -0.25) is 4.98 Å². The second-order valence-corrected chi connectivity index (χ2v) is 3.87. The molecule has 5 nitrogen and oxygen atoms in total. The second kappa shape index (κ2) is 5.95. The molecule has 0 amide bonds. The molecule has 0 aliphatic rings. The first-order chi connectivity index (χ1) is 8.81. The summed E-state index contributed by atoms with van der Waals surface area (Å²) in [5.74, 6) is 2.49. The third kappa shape index (κ3) is 3.16. The van der Waals surface area contributed by atoms with Crippen molar-refractivity contribution in [1.29, 1.82) is 0 Å². The minimum Gasteiger partial charge on any atom is -0.373 e. The van der Waals surface area contributed by atoms with Gasteiger partial charge in [0.25, 0.3) is 0 Å². The first-order valence-electron chi connectivity index (χ1n) is 6.00. The van der Waals surface area contributed by atoms with Gasteiger partial charge in [-0.15, -0.1) is 0 Å². The fraction of sp³-hybridized carbons (Fsp3) is 0.308. The summed E-state index contributed by atoms with van der Waals surface area (Å²) in [6.07, 6.45) is 4.42. The summed E-state index contributed by atoms with van der Waals surface area (Å²) >= 11 is 0. The highest BCUT2D eigenvalue weighted by Crippen LogP contribution is 2.12. The number of hydrogen-bond acceptors (Lipinski definition) is 5. The molecule has 0 aromatic carbocycles. The molecule has 0 bridgehead atoms. The van der Waals surface area contributed by atoms with Gasteiger partial charge >= 0.3 is 0 Å². The van der Waals surface area contributed by atoms with Gasteiger partial charge < -0.3 is 10.6 Å². The Hall–Kier alpha value is -2.17. The molecule has 0 spiro atoms. The van der Waals surface area contributed by atoms with Crippen LogP contribution in [0.1, 0.15) is 18.3 Å². The van der Waals surface area contributed by atoms with Crippen LogP contribution in [-0.2, 0) is 13.0 Å². The van der Waals surface area contributed by atoms with E-state index in [1.807, 2.05) is 38.4 Å². The lowest BCUT2D eigenvalue weighted by molar-refractivity contribution is 0.933. The quantitative estimate of drug-likeness (QED) is 0.842. The highest BCUT2D eigenvalue weighted by Gasteiger charge is 2.02. The predicted octanol–water partition coefficient (Wildman–Crippen LogP) is 2.09. The van der Waals surface area contributed by atoms with E-state index in [4.69, 9.17) is 0 Å². The van der Waals surface area contributed by atoms with Crippen LogP contribution >= 0.6 is 0 Å². The minimum absolute atomic E-state index is 0.706. The Bertz CT molecular complexity index is 476. The van der Waals surface area contributed by atoms with Crippen LogP contribution in [0.5, 0.6) is 0 Å². The van der Waals surface area contributed by atoms with E-state index in [1.54, 1.807) is 6.20 Å². The molecule has 2 rings (SSSR count). The molecule has 5 heteroatoms. The first-order valence-corrected chi connectivity index (χ1v) is 6.00. The Morgan fingerprint density at radius 2 is 2.06 bits per heavy atom. The number of nitrogens with zero attached hydrogens (tertiary/aromatic N) is 3. The van der Waals surface area contributed by atoms with E-state index >= 15 is 0 Å². The largest absolute Gasteiger partial charge is 0.373 e. The molecule has 0 fully saturated rings. The molecule has 18 heavy (non-hydrogen) atoms. The van der Waals surface area contributed by atoms with Crippen LogP contribution in [0.3, 0.4) is 0 Å². The van der Waals surface area contributed by atoms with Gasteiger partial charge in [-0.2, -0.15) is 0 Å². The second-order valence-electron chi connectivity index (χ2n) is 3.87. The van der Waals surface area contributed by atoms with E-state index in [2.05, 4.69) is 25.6 Å². The number of pyridine rings is 1. The van der Waals surface area contributed by atoms with Gasteiger partial charge in [0.05, 0.1) is 0 Å². The average Bonchev–Trinajstić information content (AvgIpc) is 2.45. The standard InChI is InChI=1S/C13H17N5/c1-3-11-17-12(14-2)7-13(18-11)16-9-10-5-4-6-15-8-10/h4-8H,3,9H2,1-2H3,(H2,14,16,17,18). The van der Waals surface area contributed by atoms with Gasteiger partial charge in [0.1, 0.15) is 17.5 Å². The molecule has 0 aliphatic heterocycles. The van der Waals surface area contributed by atoms with Crippen molar-refractivity contribution in [2.45, 2.75) is 19.9 Å². The van der Waals surface area contributed by atoms with Crippen molar-refractivity contribution in [2.24, 2.45) is 0 Å². The third-order valence-corrected chi connectivity index (χ3v) is 2.54. The predicted molar refractivity (Wildman–Crippen MR) is 72.5 cm³/mol. The van der Waals surface area contributed by atoms with Crippen molar-refractivity contribution in [2.75, 3.05) is 17.7 Å². The number of aryl methyl sites for hydroxylation is 1. The zero-order chi connectivity index (χ0) is 12.8. The van der Waals surface area contributed by atoms with Crippen molar-refractivity contribution >= 4 is 11.6 Å². The van der Waals surface area contributed by atoms with Gasteiger partial charge in [0.2, 0.25) is 0 Å². The SMILES string of the molecule is CCc1nc(NC)cc(NCc2cccnc2)n1. The van der Waals surface area contributed by atoms with E-state index in [1.165, 1.54) is 0 Å². The third-order valence-electron chi connectivity index (χ3n) is 2.54. The van der Waals surface area contributed by atoms with E-state index in [-0.39, 0.29) is 0 Å². The Labute approximate surface area is 107 Å². The van der Waals surface area contributed by atoms with Crippen molar-refractivity contribution < 1.29 is 0 Å². The number of anilines is 2. The molecule has 2 aromatic rings. The molecule has 0 saturated carbocycles. The molecule has 0 unspecified atom stereocenters. The van der Waals surface area contributed by atoms with Crippen molar-refractivity contribution in [3.05, 3.63) is 42.0 Å². The Balaban J connectivity index is 2.09. The zero-order valence-corrected chi connectivity index (χ0v) is 10.6. The topological polar surface area (TPSA) is 62.7 Å². The van der Waals surface area contributed by atoms with Crippen LogP contribution in [0.25, 0.3) is 0 Å². The van der Waals surface area contributed by atoms with Crippen molar-refractivity contribution in [3.63, 3.8) is 0 Å². The molecule has 0 aliphatic carbocycles. The van der Waals surface area contributed by atoms with E-state index < -0.39 is 0 Å². The van der Waals surface area contributed by atoms with Crippen LogP contribution in [-0.4, -0.2) is 22.0 Å². The van der Waals surface area contributed by atoms with Gasteiger partial charge in [-0.25, -0.2) is 9.97 Å². The average molecular weight is 243 g/mol. The number of hydrogen-bond donors (Lipinski definition) is 2. The summed E-state index contributed by atoms with van der Waals surface area (Å²) in [5.41, 5.74) is 1.13. The van der Waals surface area contributed by atoms with Gasteiger partial charge in [0.15, 0.2) is 0 Å². The van der Waals surface area contributed by atoms with Crippen molar-refractivity contribution in [1.82, 2.24) is 15.0 Å². The lowest BCUT2D eigenvalue weighted by atomic mass is 10.3. The molecule has 2 heterocycles. The zero-order valence-electron chi connectivity index (χ0n) is 10.6. The van der Waals surface area contributed by atoms with Crippen LogP contribution in [0, 0.1) is 0 Å². The maximum absolute atomic E-state index is 4.43. The molecular formula is C13H17N5. The highest BCUT2D eigenvalue weighted by molar-refractivity contribution is 5.47. The normalized spacial score (nSPS) is 10.1. The molecule has 0 atom stereocenters. The first kappa shape index (κ1) is 12.3. The summed E-state index contributed by atoms with van der Waals surface area (Å²) in [5, 5.41) is 6.32. The minimum atomic E-state index is 0.706. The Morgan fingerprint density at radius 1 is 1.22 bits per heavy atom. The van der Waals surface area contributed by atoms with E-state index in [0.29, 0.717) is 6.54 Å². The number of aromatic nitrogens is 3. The fourth-order valence-corrected chi connectivity index (χ4v) is 1.57. The highest BCUT2D eigenvalue weighted by atomic mass is 15.1. The maximum atomic E-state index is 4.43. The summed E-state index contributed by atoms with van der Waals surface area (Å²) in [4.78, 5) is 12.9. The molecule has 94 valence electrons.